The zero-order valence-electron chi connectivity index (χ0n) is 9.57. The molecule has 0 amide bonds. The molecule has 2 heteroatoms. The van der Waals surface area contributed by atoms with Crippen LogP contribution in [0.1, 0.15) is 22.8 Å². The summed E-state index contributed by atoms with van der Waals surface area (Å²) in [6, 6.07) is 11.8. The van der Waals surface area contributed by atoms with Crippen LogP contribution in [0.2, 0.25) is 0 Å². The van der Waals surface area contributed by atoms with Gasteiger partial charge < -0.3 is 4.74 Å². The Kier molecular flexibility index (Phi) is 2.22. The number of ether oxygens (including phenoxy) is 1. The van der Waals surface area contributed by atoms with Gasteiger partial charge in [0.25, 0.3) is 0 Å². The summed E-state index contributed by atoms with van der Waals surface area (Å²) < 4.78 is 5.54. The summed E-state index contributed by atoms with van der Waals surface area (Å²) in [5.74, 6) is 0.708. The number of carbonyl (C=O) groups is 1. The van der Waals surface area contributed by atoms with Crippen molar-refractivity contribution in [2.24, 2.45) is 0 Å². The molecule has 0 aromatic heterocycles. The zero-order chi connectivity index (χ0) is 11.8. The standard InChI is InChI=1S/C15H12O2/c1-2-17-14-9-13(16)11-7-3-5-10-6-4-8-12(14)15(10)11/h3-9H,2H2,1H3. The van der Waals surface area contributed by atoms with Crippen molar-refractivity contribution in [2.75, 3.05) is 6.61 Å². The van der Waals surface area contributed by atoms with Crippen molar-refractivity contribution < 1.29 is 9.53 Å². The highest BCUT2D eigenvalue weighted by molar-refractivity contribution is 6.21. The van der Waals surface area contributed by atoms with Crippen LogP contribution in [0, 0.1) is 0 Å². The fraction of sp³-hybridized carbons (Fsp3) is 0.133. The molecule has 0 bridgehead atoms. The molecule has 0 saturated heterocycles. The van der Waals surface area contributed by atoms with Crippen molar-refractivity contribution in [1.29, 1.82) is 0 Å². The van der Waals surface area contributed by atoms with Gasteiger partial charge in [0, 0.05) is 22.6 Å². The van der Waals surface area contributed by atoms with Gasteiger partial charge in [-0.05, 0) is 12.3 Å². The van der Waals surface area contributed by atoms with Crippen molar-refractivity contribution >= 4 is 22.3 Å². The van der Waals surface area contributed by atoms with Gasteiger partial charge in [-0.15, -0.1) is 0 Å². The highest BCUT2D eigenvalue weighted by atomic mass is 16.5. The van der Waals surface area contributed by atoms with E-state index in [1.165, 1.54) is 0 Å². The van der Waals surface area contributed by atoms with E-state index in [0.717, 1.165) is 21.9 Å². The Morgan fingerprint density at radius 3 is 2.47 bits per heavy atom. The maximum atomic E-state index is 12.0. The van der Waals surface area contributed by atoms with Gasteiger partial charge in [0.1, 0.15) is 5.76 Å². The summed E-state index contributed by atoms with van der Waals surface area (Å²) in [6.45, 7) is 2.49. The van der Waals surface area contributed by atoms with Crippen LogP contribution in [-0.2, 0) is 4.74 Å². The van der Waals surface area contributed by atoms with Gasteiger partial charge in [-0.2, -0.15) is 0 Å². The Morgan fingerprint density at radius 1 is 1.06 bits per heavy atom. The highest BCUT2D eigenvalue weighted by Gasteiger charge is 2.20. The summed E-state index contributed by atoms with van der Waals surface area (Å²) in [5, 5.41) is 2.09. The number of ketones is 1. The Hall–Kier alpha value is -2.09. The van der Waals surface area contributed by atoms with E-state index in [1.54, 1.807) is 6.08 Å². The topological polar surface area (TPSA) is 26.3 Å². The lowest BCUT2D eigenvalue weighted by molar-refractivity contribution is 0.104. The number of allylic oxidation sites excluding steroid dienone is 1. The maximum Gasteiger partial charge on any atom is 0.190 e. The molecule has 0 N–H and O–H groups in total. The molecule has 0 saturated carbocycles. The molecule has 84 valence electrons. The van der Waals surface area contributed by atoms with Gasteiger partial charge in [0.2, 0.25) is 0 Å². The number of rotatable bonds is 2. The molecular formula is C15H12O2. The number of hydrogen-bond acceptors (Lipinski definition) is 2. The van der Waals surface area contributed by atoms with Crippen molar-refractivity contribution in [3.8, 4) is 0 Å². The second kappa shape index (κ2) is 3.74. The number of carbonyl (C=O) groups excluding carboxylic acids is 1. The van der Waals surface area contributed by atoms with Crippen molar-refractivity contribution in [2.45, 2.75) is 6.92 Å². The van der Waals surface area contributed by atoms with Crippen LogP contribution in [-0.4, -0.2) is 12.4 Å². The molecule has 0 heterocycles. The Bertz CT molecular complexity index is 633. The molecular weight excluding hydrogens is 212 g/mol. The van der Waals surface area contributed by atoms with Crippen LogP contribution in [0.4, 0.5) is 0 Å². The molecule has 3 rings (SSSR count). The predicted octanol–water partition coefficient (Wildman–Crippen LogP) is 3.41. The molecule has 2 aromatic rings. The first kappa shape index (κ1) is 10.1. The van der Waals surface area contributed by atoms with Crippen molar-refractivity contribution in [1.82, 2.24) is 0 Å². The van der Waals surface area contributed by atoms with E-state index in [0.29, 0.717) is 12.4 Å². The first-order chi connectivity index (χ1) is 8.31. The smallest absolute Gasteiger partial charge is 0.190 e. The van der Waals surface area contributed by atoms with Crippen LogP contribution in [0.5, 0.6) is 0 Å². The van der Waals surface area contributed by atoms with E-state index >= 15 is 0 Å². The normalized spacial score (nSPS) is 13.7. The Morgan fingerprint density at radius 2 is 1.76 bits per heavy atom. The van der Waals surface area contributed by atoms with Crippen LogP contribution < -0.4 is 0 Å². The summed E-state index contributed by atoms with van der Waals surface area (Å²) in [7, 11) is 0. The minimum atomic E-state index is 0.0257. The van der Waals surface area contributed by atoms with E-state index in [9.17, 15) is 4.79 Å². The van der Waals surface area contributed by atoms with Crippen molar-refractivity contribution in [3.63, 3.8) is 0 Å². The molecule has 1 aliphatic rings. The van der Waals surface area contributed by atoms with Gasteiger partial charge >= 0.3 is 0 Å². The van der Waals surface area contributed by atoms with E-state index < -0.39 is 0 Å². The number of hydrogen-bond donors (Lipinski definition) is 0. The quantitative estimate of drug-likeness (QED) is 0.781. The van der Waals surface area contributed by atoms with Crippen LogP contribution in [0.15, 0.2) is 42.5 Å². The molecule has 0 fully saturated rings. The third-order valence-corrected chi connectivity index (χ3v) is 3.00. The summed E-state index contributed by atoms with van der Waals surface area (Å²) in [4.78, 5) is 12.0. The largest absolute Gasteiger partial charge is 0.493 e. The molecule has 0 unspecified atom stereocenters. The van der Waals surface area contributed by atoms with Crippen LogP contribution in [0.25, 0.3) is 16.5 Å². The Balaban J connectivity index is 2.36. The molecule has 2 nitrogen and oxygen atoms in total. The molecule has 17 heavy (non-hydrogen) atoms. The molecule has 0 atom stereocenters. The molecule has 0 radical (unpaired) electrons. The summed E-state index contributed by atoms with van der Waals surface area (Å²) >= 11 is 0. The lowest BCUT2D eigenvalue weighted by atomic mass is 9.91. The van der Waals surface area contributed by atoms with Gasteiger partial charge in [0.15, 0.2) is 5.78 Å². The number of benzene rings is 2. The predicted molar refractivity (Wildman–Crippen MR) is 67.9 cm³/mol. The lowest BCUT2D eigenvalue weighted by Gasteiger charge is -2.17. The van der Waals surface area contributed by atoms with Gasteiger partial charge in [-0.3, -0.25) is 4.79 Å². The summed E-state index contributed by atoms with van der Waals surface area (Å²) in [5.41, 5.74) is 1.78. The second-order valence-electron chi connectivity index (χ2n) is 4.02. The van der Waals surface area contributed by atoms with Gasteiger partial charge in [-0.25, -0.2) is 0 Å². The molecule has 2 aromatic carbocycles. The lowest BCUT2D eigenvalue weighted by Crippen LogP contribution is -2.07. The average Bonchev–Trinajstić information content (AvgIpc) is 2.35. The molecule has 0 aliphatic heterocycles. The first-order valence-electron chi connectivity index (χ1n) is 5.72. The molecule has 1 aliphatic carbocycles. The zero-order valence-corrected chi connectivity index (χ0v) is 9.57. The van der Waals surface area contributed by atoms with Gasteiger partial charge in [-0.1, -0.05) is 36.4 Å². The molecule has 0 spiro atoms. The fourth-order valence-electron chi connectivity index (χ4n) is 2.30. The second-order valence-corrected chi connectivity index (χ2v) is 4.02. The summed E-state index contributed by atoms with van der Waals surface area (Å²) in [6.07, 6.45) is 1.58. The van der Waals surface area contributed by atoms with E-state index in [1.807, 2.05) is 43.3 Å². The SMILES string of the molecule is CCOC1=CC(=O)c2cccc3cccc1c23. The maximum absolute atomic E-state index is 12.0. The minimum absolute atomic E-state index is 0.0257. The third kappa shape index (κ3) is 1.45. The first-order valence-corrected chi connectivity index (χ1v) is 5.72. The Labute approximate surface area is 99.5 Å². The van der Waals surface area contributed by atoms with Gasteiger partial charge in [0.05, 0.1) is 6.61 Å². The van der Waals surface area contributed by atoms with E-state index in [2.05, 4.69) is 0 Å². The van der Waals surface area contributed by atoms with Crippen LogP contribution >= 0.6 is 0 Å². The monoisotopic (exact) mass is 224 g/mol. The van der Waals surface area contributed by atoms with Crippen LogP contribution in [0.3, 0.4) is 0 Å². The van der Waals surface area contributed by atoms with E-state index in [-0.39, 0.29) is 5.78 Å². The highest BCUT2D eigenvalue weighted by Crippen LogP contribution is 2.33. The average molecular weight is 224 g/mol. The van der Waals surface area contributed by atoms with Crippen molar-refractivity contribution in [3.05, 3.63) is 53.6 Å². The third-order valence-electron chi connectivity index (χ3n) is 3.00. The minimum Gasteiger partial charge on any atom is -0.493 e. The van der Waals surface area contributed by atoms with E-state index in [4.69, 9.17) is 4.74 Å². The fourth-order valence-corrected chi connectivity index (χ4v) is 2.30.